The van der Waals surface area contributed by atoms with E-state index in [2.05, 4.69) is 57.7 Å². The van der Waals surface area contributed by atoms with Crippen LogP contribution in [-0.4, -0.2) is 30.7 Å². The summed E-state index contributed by atoms with van der Waals surface area (Å²) in [6.45, 7) is 16.3. The molecule has 126 valence electrons. The molecule has 0 unspecified atom stereocenters. The molecule has 1 nitrogen and oxygen atoms in total. The summed E-state index contributed by atoms with van der Waals surface area (Å²) in [6, 6.07) is 10.7. The lowest BCUT2D eigenvalue weighted by atomic mass is 10.0. The van der Waals surface area contributed by atoms with E-state index in [4.69, 9.17) is 0 Å². The Bertz CT molecular complexity index is 391. The standard InChI is InChI=1S/C20H34N.BrH/c1-5-8-16-21(15-7-3,17-9-6-2)18-19(4)20-13-11-10-12-14-20;/h10-14H,4-9,15-18H2,1-3H3;1H/q+1;/p-1. The first-order chi connectivity index (χ1) is 10.2. The number of hydrogen-bond donors (Lipinski definition) is 0. The molecule has 0 aromatic heterocycles. The molecule has 0 aliphatic carbocycles. The predicted molar refractivity (Wildman–Crippen MR) is 95.3 cm³/mol. The topological polar surface area (TPSA) is 0 Å². The maximum atomic E-state index is 4.39. The van der Waals surface area contributed by atoms with Crippen LogP contribution >= 0.6 is 0 Å². The molecule has 0 fully saturated rings. The van der Waals surface area contributed by atoms with Crippen LogP contribution in [0.5, 0.6) is 0 Å². The Morgan fingerprint density at radius 3 is 1.86 bits per heavy atom. The van der Waals surface area contributed by atoms with Gasteiger partial charge in [0, 0.05) is 5.57 Å². The van der Waals surface area contributed by atoms with Crippen molar-refractivity contribution in [2.45, 2.75) is 52.9 Å². The normalized spacial score (nSPS) is 11.0. The van der Waals surface area contributed by atoms with E-state index < -0.39 is 0 Å². The maximum Gasteiger partial charge on any atom is 0.104 e. The first-order valence-electron chi connectivity index (χ1n) is 8.75. The molecule has 0 radical (unpaired) electrons. The van der Waals surface area contributed by atoms with Crippen molar-refractivity contribution in [1.29, 1.82) is 0 Å². The van der Waals surface area contributed by atoms with Gasteiger partial charge in [0.15, 0.2) is 0 Å². The van der Waals surface area contributed by atoms with Crippen LogP contribution in [0.3, 0.4) is 0 Å². The average Bonchev–Trinajstić information content (AvgIpc) is 2.52. The van der Waals surface area contributed by atoms with Gasteiger partial charge < -0.3 is 21.5 Å². The zero-order valence-electron chi connectivity index (χ0n) is 14.8. The summed E-state index contributed by atoms with van der Waals surface area (Å²) in [6.07, 6.45) is 6.48. The van der Waals surface area contributed by atoms with Crippen LogP contribution in [0.15, 0.2) is 36.9 Å². The van der Waals surface area contributed by atoms with Crippen molar-refractivity contribution in [2.24, 2.45) is 0 Å². The summed E-state index contributed by atoms with van der Waals surface area (Å²) in [5.41, 5.74) is 2.61. The second-order valence-electron chi connectivity index (χ2n) is 6.35. The molecule has 1 aromatic carbocycles. The highest BCUT2D eigenvalue weighted by molar-refractivity contribution is 5.63. The Labute approximate surface area is 148 Å². The smallest absolute Gasteiger partial charge is 0.104 e. The van der Waals surface area contributed by atoms with E-state index in [1.165, 1.54) is 67.4 Å². The monoisotopic (exact) mass is 367 g/mol. The van der Waals surface area contributed by atoms with E-state index in [1.54, 1.807) is 0 Å². The van der Waals surface area contributed by atoms with E-state index in [0.29, 0.717) is 0 Å². The number of nitrogens with zero attached hydrogens (tertiary/aromatic N) is 1. The first kappa shape index (κ1) is 21.4. The SMILES string of the molecule is C=C(C[N+](CCC)(CCCC)CCCC)c1ccccc1.[Br-]. The molecule has 0 saturated carbocycles. The number of benzene rings is 1. The van der Waals surface area contributed by atoms with Gasteiger partial charge in [0.1, 0.15) is 6.54 Å². The van der Waals surface area contributed by atoms with Crippen molar-refractivity contribution in [3.05, 3.63) is 42.5 Å². The predicted octanol–water partition coefficient (Wildman–Crippen LogP) is 2.53. The molecule has 0 atom stereocenters. The fourth-order valence-corrected chi connectivity index (χ4v) is 3.20. The van der Waals surface area contributed by atoms with Crippen LogP contribution in [0.1, 0.15) is 58.4 Å². The van der Waals surface area contributed by atoms with Gasteiger partial charge in [-0.25, -0.2) is 0 Å². The van der Waals surface area contributed by atoms with E-state index in [-0.39, 0.29) is 17.0 Å². The minimum Gasteiger partial charge on any atom is -1.00 e. The van der Waals surface area contributed by atoms with Gasteiger partial charge in [-0.1, -0.05) is 70.5 Å². The molecule has 0 heterocycles. The van der Waals surface area contributed by atoms with Crippen LogP contribution in [0.2, 0.25) is 0 Å². The van der Waals surface area contributed by atoms with E-state index in [1.807, 2.05) is 0 Å². The summed E-state index contributed by atoms with van der Waals surface area (Å²) < 4.78 is 1.23. The van der Waals surface area contributed by atoms with Gasteiger partial charge in [-0.05, 0) is 24.8 Å². The summed E-state index contributed by atoms with van der Waals surface area (Å²) in [5, 5.41) is 0. The van der Waals surface area contributed by atoms with Crippen molar-refractivity contribution in [3.8, 4) is 0 Å². The second-order valence-corrected chi connectivity index (χ2v) is 6.35. The Hall–Kier alpha value is -0.600. The van der Waals surface area contributed by atoms with Gasteiger partial charge in [-0.3, -0.25) is 0 Å². The van der Waals surface area contributed by atoms with Crippen LogP contribution < -0.4 is 17.0 Å². The highest BCUT2D eigenvalue weighted by Crippen LogP contribution is 2.21. The van der Waals surface area contributed by atoms with Gasteiger partial charge in [0.05, 0.1) is 19.6 Å². The van der Waals surface area contributed by atoms with Gasteiger partial charge in [0.25, 0.3) is 0 Å². The van der Waals surface area contributed by atoms with Crippen LogP contribution in [-0.2, 0) is 0 Å². The van der Waals surface area contributed by atoms with Crippen LogP contribution in [0.25, 0.3) is 5.57 Å². The number of unbranched alkanes of at least 4 members (excludes halogenated alkanes) is 2. The van der Waals surface area contributed by atoms with Crippen molar-refractivity contribution < 1.29 is 21.5 Å². The van der Waals surface area contributed by atoms with Gasteiger partial charge in [-0.2, -0.15) is 0 Å². The second kappa shape index (κ2) is 11.9. The minimum absolute atomic E-state index is 0. The average molecular weight is 368 g/mol. The summed E-state index contributed by atoms with van der Waals surface area (Å²) >= 11 is 0. The molecule has 0 spiro atoms. The number of quaternary nitrogens is 1. The molecule has 0 aliphatic rings. The number of halogens is 1. The fourth-order valence-electron chi connectivity index (χ4n) is 3.20. The lowest BCUT2D eigenvalue weighted by Gasteiger charge is -2.39. The van der Waals surface area contributed by atoms with Gasteiger partial charge in [0.2, 0.25) is 0 Å². The largest absolute Gasteiger partial charge is 1.00 e. The molecule has 0 amide bonds. The number of rotatable bonds is 11. The maximum absolute atomic E-state index is 4.39. The Morgan fingerprint density at radius 1 is 0.864 bits per heavy atom. The van der Waals surface area contributed by atoms with Gasteiger partial charge >= 0.3 is 0 Å². The molecule has 2 heteroatoms. The highest BCUT2D eigenvalue weighted by atomic mass is 79.9. The molecule has 0 aliphatic heterocycles. The van der Waals surface area contributed by atoms with Crippen molar-refractivity contribution in [2.75, 3.05) is 26.2 Å². The van der Waals surface area contributed by atoms with Crippen LogP contribution in [0.4, 0.5) is 0 Å². The third-order valence-electron chi connectivity index (χ3n) is 4.38. The third-order valence-corrected chi connectivity index (χ3v) is 4.38. The van der Waals surface area contributed by atoms with E-state index >= 15 is 0 Å². The molecule has 22 heavy (non-hydrogen) atoms. The third kappa shape index (κ3) is 7.11. The molecule has 0 N–H and O–H groups in total. The zero-order chi connectivity index (χ0) is 15.6. The summed E-state index contributed by atoms with van der Waals surface area (Å²) in [7, 11) is 0. The fraction of sp³-hybridized carbons (Fsp3) is 0.600. The lowest BCUT2D eigenvalue weighted by molar-refractivity contribution is -0.921. The van der Waals surface area contributed by atoms with Crippen LogP contribution in [0, 0.1) is 0 Å². The summed E-state index contributed by atoms with van der Waals surface area (Å²) in [5.74, 6) is 0. The summed E-state index contributed by atoms with van der Waals surface area (Å²) in [4.78, 5) is 0. The van der Waals surface area contributed by atoms with Gasteiger partial charge in [-0.15, -0.1) is 0 Å². The minimum atomic E-state index is 0. The highest BCUT2D eigenvalue weighted by Gasteiger charge is 2.26. The Morgan fingerprint density at radius 2 is 1.41 bits per heavy atom. The lowest BCUT2D eigenvalue weighted by Crippen LogP contribution is -3.00. The van der Waals surface area contributed by atoms with E-state index in [9.17, 15) is 0 Å². The quantitative estimate of drug-likeness (QED) is 0.527. The first-order valence-corrected chi connectivity index (χ1v) is 8.75. The Balaban J connectivity index is 0.00000441. The number of hydrogen-bond acceptors (Lipinski definition) is 0. The molecular formula is C20H34BrN. The van der Waals surface area contributed by atoms with Crippen molar-refractivity contribution >= 4 is 5.57 Å². The zero-order valence-corrected chi connectivity index (χ0v) is 16.4. The molecule has 1 aromatic rings. The van der Waals surface area contributed by atoms with E-state index in [0.717, 1.165) is 6.54 Å². The Kier molecular flexibility index (Phi) is 11.6. The molecule has 0 bridgehead atoms. The molecule has 0 saturated heterocycles. The molecule has 1 rings (SSSR count). The van der Waals surface area contributed by atoms with Crippen molar-refractivity contribution in [3.63, 3.8) is 0 Å². The molecular weight excluding hydrogens is 334 g/mol. The van der Waals surface area contributed by atoms with Crippen molar-refractivity contribution in [1.82, 2.24) is 0 Å².